The summed E-state index contributed by atoms with van der Waals surface area (Å²) in [6.07, 6.45) is 0.222. The van der Waals surface area contributed by atoms with E-state index in [1.54, 1.807) is 29.7 Å². The quantitative estimate of drug-likeness (QED) is 0.904. The molecule has 3 rings (SSSR count). The van der Waals surface area contributed by atoms with Crippen molar-refractivity contribution in [3.63, 3.8) is 0 Å². The number of rotatable bonds is 4. The van der Waals surface area contributed by atoms with Gasteiger partial charge in [-0.3, -0.25) is 14.3 Å². The zero-order chi connectivity index (χ0) is 18.0. The van der Waals surface area contributed by atoms with Gasteiger partial charge in [0, 0.05) is 20.5 Å². The molecule has 0 aliphatic carbocycles. The fourth-order valence-corrected chi connectivity index (χ4v) is 3.17. The highest BCUT2D eigenvalue weighted by Crippen LogP contribution is 2.25. The lowest BCUT2D eigenvalue weighted by atomic mass is 10.2. The summed E-state index contributed by atoms with van der Waals surface area (Å²) in [4.78, 5) is 26.8. The minimum atomic E-state index is -0.554. The Hall–Kier alpha value is -2.83. The number of ether oxygens (including phenoxy) is 1. The average molecular weight is 342 g/mol. The van der Waals surface area contributed by atoms with Gasteiger partial charge in [-0.25, -0.2) is 0 Å². The first-order valence-electron chi connectivity index (χ1n) is 8.24. The molecule has 0 saturated carbocycles. The van der Waals surface area contributed by atoms with Gasteiger partial charge in [0.1, 0.15) is 23.6 Å². The Labute approximate surface area is 146 Å². The fraction of sp³-hybridized carbons (Fsp3) is 0.389. The predicted molar refractivity (Wildman–Crippen MR) is 92.3 cm³/mol. The summed E-state index contributed by atoms with van der Waals surface area (Å²) in [5.41, 5.74) is 1.23. The second kappa shape index (κ2) is 6.96. The van der Waals surface area contributed by atoms with Gasteiger partial charge in [0.25, 0.3) is 5.91 Å². The number of nitrogens with zero attached hydrogens (tertiary/aromatic N) is 3. The summed E-state index contributed by atoms with van der Waals surface area (Å²) < 4.78 is 7.50. The minimum absolute atomic E-state index is 0.189. The van der Waals surface area contributed by atoms with Gasteiger partial charge in [-0.1, -0.05) is 18.2 Å². The molecule has 1 aliphatic rings. The van der Waals surface area contributed by atoms with Gasteiger partial charge in [0.15, 0.2) is 0 Å². The molecule has 0 unspecified atom stereocenters. The Kier molecular flexibility index (Phi) is 4.74. The number of carbonyl (C=O) groups is 2. The monoisotopic (exact) mass is 342 g/mol. The largest absolute Gasteiger partial charge is 0.488 e. The smallest absolute Gasteiger partial charge is 0.272 e. The molecule has 0 spiro atoms. The molecule has 0 radical (unpaired) electrons. The van der Waals surface area contributed by atoms with E-state index in [9.17, 15) is 9.59 Å². The van der Waals surface area contributed by atoms with Crippen LogP contribution in [0.3, 0.4) is 0 Å². The SMILES string of the molecule is CNC(=O)[C@@H]1C[C@H](Oc2ccccc2)CN1C(=O)c1cc(C)nn1C. The van der Waals surface area contributed by atoms with Crippen molar-refractivity contribution in [3.8, 4) is 5.75 Å². The van der Waals surface area contributed by atoms with Crippen molar-refractivity contribution in [3.05, 3.63) is 47.8 Å². The molecule has 2 atom stereocenters. The number of amides is 2. The first-order valence-corrected chi connectivity index (χ1v) is 8.24. The van der Waals surface area contributed by atoms with Crippen molar-refractivity contribution in [1.82, 2.24) is 20.0 Å². The van der Waals surface area contributed by atoms with Gasteiger partial charge in [-0.05, 0) is 25.1 Å². The Balaban J connectivity index is 1.81. The summed E-state index contributed by atoms with van der Waals surface area (Å²) in [6, 6.07) is 10.6. The number of likely N-dealkylation sites (tertiary alicyclic amines) is 1. The van der Waals surface area contributed by atoms with E-state index < -0.39 is 6.04 Å². The second-order valence-electron chi connectivity index (χ2n) is 6.17. The number of hydrogen-bond donors (Lipinski definition) is 1. The van der Waals surface area contributed by atoms with Crippen molar-refractivity contribution in [1.29, 1.82) is 0 Å². The van der Waals surface area contributed by atoms with Crippen LogP contribution in [0.4, 0.5) is 0 Å². The van der Waals surface area contributed by atoms with Gasteiger partial charge in [0.2, 0.25) is 5.91 Å². The van der Waals surface area contributed by atoms with E-state index in [-0.39, 0.29) is 17.9 Å². The third-order valence-corrected chi connectivity index (χ3v) is 4.34. The number of carbonyl (C=O) groups excluding carboxylic acids is 2. The zero-order valence-electron chi connectivity index (χ0n) is 14.6. The number of benzene rings is 1. The first kappa shape index (κ1) is 17.0. The maximum absolute atomic E-state index is 12.9. The highest BCUT2D eigenvalue weighted by molar-refractivity contribution is 5.97. The van der Waals surface area contributed by atoms with Crippen LogP contribution in [0, 0.1) is 6.92 Å². The van der Waals surface area contributed by atoms with Crippen LogP contribution in [-0.2, 0) is 11.8 Å². The van der Waals surface area contributed by atoms with Crippen molar-refractivity contribution in [2.75, 3.05) is 13.6 Å². The Morgan fingerprint density at radius 1 is 1.28 bits per heavy atom. The number of nitrogens with one attached hydrogen (secondary N) is 1. The fourth-order valence-electron chi connectivity index (χ4n) is 3.17. The lowest BCUT2D eigenvalue weighted by Crippen LogP contribution is -2.45. The Morgan fingerprint density at radius 2 is 2.00 bits per heavy atom. The van der Waals surface area contributed by atoms with Gasteiger partial charge >= 0.3 is 0 Å². The van der Waals surface area contributed by atoms with E-state index in [4.69, 9.17) is 4.74 Å². The number of para-hydroxylation sites is 1. The Morgan fingerprint density at radius 3 is 2.60 bits per heavy atom. The molecule has 2 heterocycles. The third kappa shape index (κ3) is 3.50. The molecule has 1 aromatic heterocycles. The predicted octanol–water partition coefficient (Wildman–Crippen LogP) is 1.14. The molecule has 25 heavy (non-hydrogen) atoms. The van der Waals surface area contributed by atoms with Crippen LogP contribution in [-0.4, -0.2) is 52.2 Å². The lowest BCUT2D eigenvalue weighted by Gasteiger charge is -2.22. The van der Waals surface area contributed by atoms with Gasteiger partial charge in [-0.15, -0.1) is 0 Å². The van der Waals surface area contributed by atoms with Crippen molar-refractivity contribution >= 4 is 11.8 Å². The molecule has 1 fully saturated rings. The summed E-state index contributed by atoms with van der Waals surface area (Å²) in [7, 11) is 3.30. The lowest BCUT2D eigenvalue weighted by molar-refractivity contribution is -0.124. The van der Waals surface area contributed by atoms with E-state index in [0.717, 1.165) is 11.4 Å². The van der Waals surface area contributed by atoms with Crippen LogP contribution in [0.5, 0.6) is 5.75 Å². The molecular formula is C18H22N4O3. The topological polar surface area (TPSA) is 76.5 Å². The summed E-state index contributed by atoms with van der Waals surface area (Å²) >= 11 is 0. The van der Waals surface area contributed by atoms with Gasteiger partial charge in [0.05, 0.1) is 12.2 Å². The number of likely N-dealkylation sites (N-methyl/N-ethyl adjacent to an activating group) is 1. The van der Waals surface area contributed by atoms with Crippen LogP contribution in [0.15, 0.2) is 36.4 Å². The van der Waals surface area contributed by atoms with Crippen molar-refractivity contribution in [2.24, 2.45) is 7.05 Å². The minimum Gasteiger partial charge on any atom is -0.488 e. The molecule has 1 saturated heterocycles. The third-order valence-electron chi connectivity index (χ3n) is 4.34. The molecule has 7 nitrogen and oxygen atoms in total. The van der Waals surface area contributed by atoms with Crippen LogP contribution < -0.4 is 10.1 Å². The van der Waals surface area contributed by atoms with Crippen molar-refractivity contribution < 1.29 is 14.3 Å². The molecule has 2 aromatic rings. The summed E-state index contributed by atoms with van der Waals surface area (Å²) in [5.74, 6) is 0.330. The highest BCUT2D eigenvalue weighted by Gasteiger charge is 2.41. The molecule has 1 aliphatic heterocycles. The maximum Gasteiger partial charge on any atom is 0.272 e. The molecule has 1 aromatic carbocycles. The normalized spacial score (nSPS) is 19.7. The van der Waals surface area contributed by atoms with Gasteiger partial charge in [-0.2, -0.15) is 5.10 Å². The molecule has 7 heteroatoms. The number of aromatic nitrogens is 2. The van der Waals surface area contributed by atoms with E-state index >= 15 is 0 Å². The summed E-state index contributed by atoms with van der Waals surface area (Å²) in [5, 5.41) is 6.85. The molecule has 2 amide bonds. The highest BCUT2D eigenvalue weighted by atomic mass is 16.5. The zero-order valence-corrected chi connectivity index (χ0v) is 14.6. The molecule has 1 N–H and O–H groups in total. The number of hydrogen-bond acceptors (Lipinski definition) is 4. The maximum atomic E-state index is 12.9. The van der Waals surface area contributed by atoms with Crippen LogP contribution in [0.2, 0.25) is 0 Å². The Bertz CT molecular complexity index is 772. The van der Waals surface area contributed by atoms with E-state index in [2.05, 4.69) is 10.4 Å². The molecule has 0 bridgehead atoms. The van der Waals surface area contributed by atoms with E-state index in [0.29, 0.717) is 18.7 Å². The van der Waals surface area contributed by atoms with Crippen LogP contribution in [0.25, 0.3) is 0 Å². The van der Waals surface area contributed by atoms with Crippen LogP contribution >= 0.6 is 0 Å². The number of aryl methyl sites for hydroxylation is 2. The average Bonchev–Trinajstić information content (AvgIpc) is 3.17. The first-order chi connectivity index (χ1) is 12.0. The summed E-state index contributed by atoms with van der Waals surface area (Å²) in [6.45, 7) is 2.19. The van der Waals surface area contributed by atoms with Gasteiger partial charge < -0.3 is 15.0 Å². The van der Waals surface area contributed by atoms with E-state index in [1.165, 1.54) is 0 Å². The molecule has 132 valence electrons. The van der Waals surface area contributed by atoms with Crippen LogP contribution in [0.1, 0.15) is 22.6 Å². The van der Waals surface area contributed by atoms with Crippen molar-refractivity contribution in [2.45, 2.75) is 25.5 Å². The second-order valence-corrected chi connectivity index (χ2v) is 6.17. The molecular weight excluding hydrogens is 320 g/mol. The standard InChI is InChI=1S/C18H22N4O3/c1-12-9-16(21(3)20-12)18(24)22-11-14(10-15(22)17(23)19-2)25-13-7-5-4-6-8-13/h4-9,14-15H,10-11H2,1-3H3,(H,19,23)/t14-,15-/m0/s1. The van der Waals surface area contributed by atoms with E-state index in [1.807, 2.05) is 37.3 Å².